The average Bonchev–Trinajstić information content (AvgIpc) is 2.81. The zero-order valence-electron chi connectivity index (χ0n) is 19.1. The SMILES string of the molecule is COc1cc(CN2CCC2(Oc2ccc(C(F)(F)F)cc2)C(=O)N2CCN(C)CC2)ccc1O. The summed E-state index contributed by atoms with van der Waals surface area (Å²) in [6, 6.07) is 9.36. The van der Waals surface area contributed by atoms with Gasteiger partial charge in [0.2, 0.25) is 5.72 Å². The Morgan fingerprint density at radius 1 is 1.06 bits per heavy atom. The Kier molecular flexibility index (Phi) is 6.64. The van der Waals surface area contributed by atoms with Crippen LogP contribution in [0.15, 0.2) is 42.5 Å². The molecule has 0 aromatic heterocycles. The third-order valence-electron chi connectivity index (χ3n) is 6.44. The lowest BCUT2D eigenvalue weighted by Gasteiger charge is -2.52. The summed E-state index contributed by atoms with van der Waals surface area (Å²) in [4.78, 5) is 19.5. The van der Waals surface area contributed by atoms with E-state index in [0.717, 1.165) is 30.8 Å². The van der Waals surface area contributed by atoms with Crippen LogP contribution < -0.4 is 9.47 Å². The number of amides is 1. The quantitative estimate of drug-likeness (QED) is 0.687. The van der Waals surface area contributed by atoms with Gasteiger partial charge in [0.05, 0.1) is 12.7 Å². The Morgan fingerprint density at radius 2 is 1.74 bits per heavy atom. The number of aromatic hydroxyl groups is 1. The molecule has 7 nitrogen and oxygen atoms in total. The summed E-state index contributed by atoms with van der Waals surface area (Å²) >= 11 is 0. The molecule has 0 radical (unpaired) electrons. The van der Waals surface area contributed by atoms with Gasteiger partial charge in [0, 0.05) is 45.7 Å². The van der Waals surface area contributed by atoms with E-state index in [1.807, 2.05) is 11.9 Å². The van der Waals surface area contributed by atoms with E-state index in [1.165, 1.54) is 25.3 Å². The highest BCUT2D eigenvalue weighted by molar-refractivity contribution is 5.86. The first-order chi connectivity index (χ1) is 16.1. The molecule has 2 heterocycles. The number of ether oxygens (including phenoxy) is 2. The van der Waals surface area contributed by atoms with E-state index < -0.39 is 17.5 Å². The van der Waals surface area contributed by atoms with Gasteiger partial charge in [0.25, 0.3) is 5.91 Å². The van der Waals surface area contributed by atoms with Crippen molar-refractivity contribution in [2.75, 3.05) is 46.9 Å². The fraction of sp³-hybridized carbons (Fsp3) is 0.458. The van der Waals surface area contributed by atoms with Crippen LogP contribution in [0.5, 0.6) is 17.2 Å². The van der Waals surface area contributed by atoms with Crippen molar-refractivity contribution in [2.24, 2.45) is 0 Å². The summed E-state index contributed by atoms with van der Waals surface area (Å²) in [5.74, 6) is 0.328. The number of phenolic OH excluding ortho intramolecular Hbond substituents is 1. The number of benzene rings is 2. The Bertz CT molecular complexity index is 1020. The number of hydrogen-bond acceptors (Lipinski definition) is 6. The zero-order valence-corrected chi connectivity index (χ0v) is 19.1. The minimum Gasteiger partial charge on any atom is -0.504 e. The number of likely N-dealkylation sites (tertiary alicyclic amines) is 1. The number of likely N-dealkylation sites (N-methyl/N-ethyl adjacent to an activating group) is 1. The number of phenols is 1. The molecule has 2 aromatic rings. The van der Waals surface area contributed by atoms with Crippen molar-refractivity contribution in [3.05, 3.63) is 53.6 Å². The molecule has 2 aliphatic rings. The third-order valence-corrected chi connectivity index (χ3v) is 6.44. The summed E-state index contributed by atoms with van der Waals surface area (Å²) in [7, 11) is 3.45. The van der Waals surface area contributed by atoms with Gasteiger partial charge in [-0.25, -0.2) is 0 Å². The zero-order chi connectivity index (χ0) is 24.5. The van der Waals surface area contributed by atoms with E-state index in [9.17, 15) is 23.1 Å². The molecular weight excluding hydrogens is 451 g/mol. The molecule has 2 fully saturated rings. The Hall–Kier alpha value is -2.98. The minimum atomic E-state index is -4.45. The van der Waals surface area contributed by atoms with E-state index in [-0.39, 0.29) is 17.4 Å². The molecule has 10 heteroatoms. The summed E-state index contributed by atoms with van der Waals surface area (Å²) in [6.45, 7) is 3.48. The van der Waals surface area contributed by atoms with Gasteiger partial charge in [-0.3, -0.25) is 9.69 Å². The summed E-state index contributed by atoms with van der Waals surface area (Å²) < 4.78 is 50.3. The van der Waals surface area contributed by atoms with E-state index in [1.54, 1.807) is 17.0 Å². The van der Waals surface area contributed by atoms with E-state index in [4.69, 9.17) is 9.47 Å². The fourth-order valence-corrected chi connectivity index (χ4v) is 4.29. The van der Waals surface area contributed by atoms with Crippen LogP contribution in [0.3, 0.4) is 0 Å². The Morgan fingerprint density at radius 3 is 2.29 bits per heavy atom. The number of nitrogens with zero attached hydrogens (tertiary/aromatic N) is 3. The van der Waals surface area contributed by atoms with Gasteiger partial charge in [-0.05, 0) is 49.0 Å². The van der Waals surface area contributed by atoms with Crippen LogP contribution in [0.2, 0.25) is 0 Å². The second-order valence-corrected chi connectivity index (χ2v) is 8.68. The van der Waals surface area contributed by atoms with Crippen molar-refractivity contribution < 1.29 is 32.5 Å². The molecule has 1 N–H and O–H groups in total. The molecule has 34 heavy (non-hydrogen) atoms. The van der Waals surface area contributed by atoms with E-state index in [0.29, 0.717) is 38.3 Å². The summed E-state index contributed by atoms with van der Waals surface area (Å²) in [5.41, 5.74) is -1.29. The predicted molar refractivity (Wildman–Crippen MR) is 119 cm³/mol. The number of hydrogen-bond donors (Lipinski definition) is 1. The molecule has 2 saturated heterocycles. The number of halogens is 3. The molecule has 2 aromatic carbocycles. The normalized spacial score (nSPS) is 21.7. The van der Waals surface area contributed by atoms with Gasteiger partial charge in [0.1, 0.15) is 5.75 Å². The van der Waals surface area contributed by atoms with E-state index in [2.05, 4.69) is 4.90 Å². The second-order valence-electron chi connectivity index (χ2n) is 8.68. The van der Waals surface area contributed by atoms with Gasteiger partial charge >= 0.3 is 6.18 Å². The van der Waals surface area contributed by atoms with Crippen molar-refractivity contribution in [1.82, 2.24) is 14.7 Å². The summed E-state index contributed by atoms with van der Waals surface area (Å²) in [5, 5.41) is 9.89. The van der Waals surface area contributed by atoms with Crippen LogP contribution >= 0.6 is 0 Å². The van der Waals surface area contributed by atoms with Crippen molar-refractivity contribution in [3.8, 4) is 17.2 Å². The summed E-state index contributed by atoms with van der Waals surface area (Å²) in [6.07, 6.45) is -4.04. The number of alkyl halides is 3. The van der Waals surface area contributed by atoms with Gasteiger partial charge in [-0.2, -0.15) is 13.2 Å². The highest BCUT2D eigenvalue weighted by Gasteiger charge is 2.55. The second kappa shape index (κ2) is 9.34. The molecule has 1 atom stereocenters. The molecule has 0 saturated carbocycles. The van der Waals surface area contributed by atoms with Crippen LogP contribution in [0.25, 0.3) is 0 Å². The molecule has 1 unspecified atom stereocenters. The molecule has 0 aliphatic carbocycles. The standard InChI is InChI=1S/C24H28F3N3O4/c1-28-11-13-29(14-12-28)22(32)23(34-19-6-4-18(5-7-19)24(25,26)27)9-10-30(23)16-17-3-8-20(31)21(15-17)33-2/h3-8,15,31H,9-14,16H2,1-2H3. The minimum absolute atomic E-state index is 0.00985. The van der Waals surface area contributed by atoms with Crippen LogP contribution in [0.4, 0.5) is 13.2 Å². The average molecular weight is 479 g/mol. The van der Waals surface area contributed by atoms with Gasteiger partial charge < -0.3 is 24.4 Å². The third kappa shape index (κ3) is 4.78. The maximum Gasteiger partial charge on any atom is 0.416 e. The monoisotopic (exact) mass is 479 g/mol. The Balaban J connectivity index is 1.61. The molecular formula is C24H28F3N3O4. The molecule has 0 spiro atoms. The van der Waals surface area contributed by atoms with Crippen molar-refractivity contribution in [2.45, 2.75) is 24.9 Å². The van der Waals surface area contributed by atoms with Crippen molar-refractivity contribution in [1.29, 1.82) is 0 Å². The maximum atomic E-state index is 13.7. The molecule has 2 aliphatic heterocycles. The highest BCUT2D eigenvalue weighted by Crippen LogP contribution is 2.39. The maximum absolute atomic E-state index is 13.7. The van der Waals surface area contributed by atoms with Crippen LogP contribution in [0.1, 0.15) is 17.5 Å². The molecule has 0 bridgehead atoms. The number of carbonyl (C=O) groups excluding carboxylic acids is 1. The van der Waals surface area contributed by atoms with Gasteiger partial charge in [-0.15, -0.1) is 0 Å². The molecule has 1 amide bonds. The van der Waals surface area contributed by atoms with Crippen LogP contribution in [-0.4, -0.2) is 78.3 Å². The molecule has 4 rings (SSSR count). The Labute approximate surface area is 196 Å². The smallest absolute Gasteiger partial charge is 0.416 e. The lowest BCUT2D eigenvalue weighted by molar-refractivity contribution is -0.198. The number of rotatable bonds is 6. The highest BCUT2D eigenvalue weighted by atomic mass is 19.4. The lowest BCUT2D eigenvalue weighted by Crippen LogP contribution is -2.71. The van der Waals surface area contributed by atoms with E-state index >= 15 is 0 Å². The largest absolute Gasteiger partial charge is 0.504 e. The topological polar surface area (TPSA) is 65.5 Å². The van der Waals surface area contributed by atoms with Gasteiger partial charge in [-0.1, -0.05) is 6.07 Å². The number of piperazine rings is 1. The molecule has 184 valence electrons. The number of carbonyl (C=O) groups is 1. The predicted octanol–water partition coefficient (Wildman–Crippen LogP) is 3.17. The van der Waals surface area contributed by atoms with Crippen LogP contribution in [0, 0.1) is 0 Å². The van der Waals surface area contributed by atoms with Gasteiger partial charge in [0.15, 0.2) is 11.5 Å². The van der Waals surface area contributed by atoms with Crippen molar-refractivity contribution in [3.63, 3.8) is 0 Å². The van der Waals surface area contributed by atoms with Crippen molar-refractivity contribution >= 4 is 5.91 Å². The number of methoxy groups -OCH3 is 1. The first-order valence-electron chi connectivity index (χ1n) is 11.1. The first-order valence-corrected chi connectivity index (χ1v) is 11.1. The lowest BCUT2D eigenvalue weighted by atomic mass is 9.94. The van der Waals surface area contributed by atoms with Crippen LogP contribution in [-0.2, 0) is 17.5 Å². The first kappa shape index (κ1) is 24.2. The fourth-order valence-electron chi connectivity index (χ4n) is 4.29.